The van der Waals surface area contributed by atoms with E-state index in [0.717, 1.165) is 12.8 Å². The van der Waals surface area contributed by atoms with E-state index in [4.69, 9.17) is 0 Å². The van der Waals surface area contributed by atoms with Crippen molar-refractivity contribution in [2.75, 3.05) is 0 Å². The number of halogens is 7. The smallest absolute Gasteiger partial charge is 0.347 e. The Morgan fingerprint density at radius 3 is 2.14 bits per heavy atom. The third-order valence-corrected chi connectivity index (χ3v) is 9.14. The summed E-state index contributed by atoms with van der Waals surface area (Å²) in [4.78, 5) is 34.6. The Hall–Kier alpha value is -2.93. The molecule has 6 rings (SSSR count). The summed E-state index contributed by atoms with van der Waals surface area (Å²) in [6.45, 7) is 0. The van der Waals surface area contributed by atoms with Gasteiger partial charge in [0.1, 0.15) is 0 Å². The van der Waals surface area contributed by atoms with Crippen LogP contribution in [0.15, 0.2) is 18.5 Å². The van der Waals surface area contributed by atoms with Gasteiger partial charge in [0.05, 0.1) is 35.3 Å². The van der Waals surface area contributed by atoms with Crippen LogP contribution in [0.4, 0.5) is 30.7 Å². The number of imidazole rings is 1. The van der Waals surface area contributed by atoms with Gasteiger partial charge in [0.25, 0.3) is 0 Å². The fraction of sp³-hybridized carbons (Fsp3) is 0.714. The molecule has 2 aromatic rings. The third kappa shape index (κ3) is 6.36. The zero-order valence-electron chi connectivity index (χ0n) is 22.6. The Morgan fingerprint density at radius 1 is 0.929 bits per heavy atom. The lowest BCUT2D eigenvalue weighted by atomic mass is 9.79. The van der Waals surface area contributed by atoms with Gasteiger partial charge in [-0.1, -0.05) is 0 Å². The molecule has 2 N–H and O–H groups in total. The van der Waals surface area contributed by atoms with E-state index in [9.17, 15) is 40.3 Å². The Kier molecular flexibility index (Phi) is 7.19. The van der Waals surface area contributed by atoms with Gasteiger partial charge < -0.3 is 10.6 Å². The number of alkyl halides is 7. The first-order valence-electron chi connectivity index (χ1n) is 14.5. The molecule has 0 radical (unpaired) electrons. The van der Waals surface area contributed by atoms with Crippen LogP contribution in [-0.2, 0) is 9.59 Å². The van der Waals surface area contributed by atoms with Crippen LogP contribution in [0.25, 0.3) is 5.78 Å². The highest BCUT2D eigenvalue weighted by molar-refractivity contribution is 5.82. The molecule has 0 spiro atoms. The SMILES string of the molecule is O=C(CC1CC(F)(F)C1)N[C@H](c1ccn2cc([C@@H](NC(=O)C3CC3C(F)(F)F)C3CCC(F)(F)CC3)nc2n1)C1CC1. The van der Waals surface area contributed by atoms with Crippen molar-refractivity contribution in [1.82, 2.24) is 25.0 Å². The summed E-state index contributed by atoms with van der Waals surface area (Å²) in [6.07, 6.45) is -1.07. The van der Waals surface area contributed by atoms with Crippen molar-refractivity contribution in [1.29, 1.82) is 0 Å². The van der Waals surface area contributed by atoms with Crippen molar-refractivity contribution < 1.29 is 40.3 Å². The average Bonchev–Trinajstić information content (AvgIpc) is 3.80. The van der Waals surface area contributed by atoms with Crippen molar-refractivity contribution in [3.05, 3.63) is 29.8 Å². The van der Waals surface area contributed by atoms with Gasteiger partial charge in [-0.25, -0.2) is 27.5 Å². The first kappa shape index (κ1) is 29.2. The Bertz CT molecular complexity index is 1340. The molecule has 0 bridgehead atoms. The topological polar surface area (TPSA) is 88.4 Å². The van der Waals surface area contributed by atoms with Gasteiger partial charge in [0, 0.05) is 44.5 Å². The van der Waals surface area contributed by atoms with Crippen molar-refractivity contribution in [2.24, 2.45) is 29.6 Å². The van der Waals surface area contributed by atoms with Gasteiger partial charge in [-0.15, -0.1) is 0 Å². The minimum atomic E-state index is -4.48. The molecule has 4 atom stereocenters. The van der Waals surface area contributed by atoms with Crippen molar-refractivity contribution in [2.45, 2.75) is 94.3 Å². The van der Waals surface area contributed by atoms with Crippen LogP contribution < -0.4 is 10.6 Å². The monoisotopic (exact) mass is 603 g/mol. The normalized spacial score (nSPS) is 27.2. The molecule has 0 aliphatic heterocycles. The Balaban J connectivity index is 1.20. The maximum atomic E-state index is 13.9. The number of aromatic nitrogens is 3. The number of fused-ring (bicyclic) bond motifs is 1. The number of carbonyl (C=O) groups is 2. The molecule has 2 amide bonds. The van der Waals surface area contributed by atoms with E-state index in [0.29, 0.717) is 11.4 Å². The van der Waals surface area contributed by atoms with Crippen LogP contribution in [0.5, 0.6) is 0 Å². The molecule has 2 unspecified atom stereocenters. The number of nitrogens with zero attached hydrogens (tertiary/aromatic N) is 3. The van der Waals surface area contributed by atoms with Gasteiger partial charge in [-0.05, 0) is 55.9 Å². The predicted octanol–water partition coefficient (Wildman–Crippen LogP) is 5.91. The van der Waals surface area contributed by atoms with Crippen LogP contribution in [0.3, 0.4) is 0 Å². The zero-order chi connectivity index (χ0) is 30.0. The molecule has 2 heterocycles. The molecule has 4 aliphatic rings. The quantitative estimate of drug-likeness (QED) is 0.349. The van der Waals surface area contributed by atoms with Gasteiger partial charge in [0.2, 0.25) is 29.4 Å². The fourth-order valence-corrected chi connectivity index (χ4v) is 6.45. The summed E-state index contributed by atoms with van der Waals surface area (Å²) >= 11 is 0. The van der Waals surface area contributed by atoms with Crippen LogP contribution in [0.1, 0.15) is 87.7 Å². The third-order valence-electron chi connectivity index (χ3n) is 9.14. The summed E-state index contributed by atoms with van der Waals surface area (Å²) in [5.41, 5.74) is 0.837. The molecular formula is C28H32F7N5O2. The summed E-state index contributed by atoms with van der Waals surface area (Å²) in [7, 11) is 0. The molecule has 2 aromatic heterocycles. The molecule has 4 saturated carbocycles. The molecule has 0 saturated heterocycles. The molecule has 4 fully saturated rings. The first-order valence-corrected chi connectivity index (χ1v) is 14.5. The van der Waals surface area contributed by atoms with Gasteiger partial charge in [0.15, 0.2) is 0 Å². The molecule has 7 nitrogen and oxygen atoms in total. The van der Waals surface area contributed by atoms with E-state index in [-0.39, 0.29) is 62.0 Å². The largest absolute Gasteiger partial charge is 0.392 e. The lowest BCUT2D eigenvalue weighted by Gasteiger charge is -2.34. The highest BCUT2D eigenvalue weighted by atomic mass is 19.4. The summed E-state index contributed by atoms with van der Waals surface area (Å²) in [5, 5.41) is 5.62. The van der Waals surface area contributed by atoms with Crippen LogP contribution >= 0.6 is 0 Å². The van der Waals surface area contributed by atoms with Crippen molar-refractivity contribution in [3.8, 4) is 0 Å². The molecule has 0 aromatic carbocycles. The summed E-state index contributed by atoms with van der Waals surface area (Å²) in [6, 6.07) is 0.396. The number of hydrogen-bond donors (Lipinski definition) is 2. The van der Waals surface area contributed by atoms with Crippen molar-refractivity contribution in [3.63, 3.8) is 0 Å². The molecular weight excluding hydrogens is 571 g/mol. The van der Waals surface area contributed by atoms with Gasteiger partial charge in [-0.2, -0.15) is 13.2 Å². The highest BCUT2D eigenvalue weighted by Crippen LogP contribution is 2.51. The van der Waals surface area contributed by atoms with E-state index >= 15 is 0 Å². The van der Waals surface area contributed by atoms with Crippen LogP contribution in [0, 0.1) is 29.6 Å². The molecule has 42 heavy (non-hydrogen) atoms. The number of amides is 2. The number of nitrogens with one attached hydrogen (secondary N) is 2. The second-order valence-corrected chi connectivity index (χ2v) is 12.6. The molecule has 4 aliphatic carbocycles. The molecule has 230 valence electrons. The first-order chi connectivity index (χ1) is 19.7. The maximum Gasteiger partial charge on any atom is 0.392 e. The van der Waals surface area contributed by atoms with E-state index in [1.807, 2.05) is 0 Å². The molecule has 14 heteroatoms. The van der Waals surface area contributed by atoms with Crippen molar-refractivity contribution >= 4 is 17.6 Å². The number of carbonyl (C=O) groups excluding carboxylic acids is 2. The van der Waals surface area contributed by atoms with Gasteiger partial charge >= 0.3 is 6.18 Å². The predicted molar refractivity (Wildman–Crippen MR) is 134 cm³/mol. The van der Waals surface area contributed by atoms with Crippen LogP contribution in [0.2, 0.25) is 0 Å². The Labute approximate surface area is 237 Å². The van der Waals surface area contributed by atoms with E-state index in [1.54, 1.807) is 22.9 Å². The minimum absolute atomic E-state index is 0.00653. The van der Waals surface area contributed by atoms with E-state index < -0.39 is 66.6 Å². The fourth-order valence-electron chi connectivity index (χ4n) is 6.45. The number of rotatable bonds is 9. The maximum absolute atomic E-state index is 13.9. The summed E-state index contributed by atoms with van der Waals surface area (Å²) in [5.74, 6) is -10.0. The highest BCUT2D eigenvalue weighted by Gasteiger charge is 2.59. The zero-order valence-corrected chi connectivity index (χ0v) is 22.6. The lowest BCUT2D eigenvalue weighted by Crippen LogP contribution is -2.39. The minimum Gasteiger partial charge on any atom is -0.347 e. The number of hydrogen-bond acceptors (Lipinski definition) is 4. The second-order valence-electron chi connectivity index (χ2n) is 12.6. The lowest BCUT2D eigenvalue weighted by molar-refractivity contribution is -0.155. The van der Waals surface area contributed by atoms with E-state index in [2.05, 4.69) is 20.6 Å². The van der Waals surface area contributed by atoms with Gasteiger partial charge in [-0.3, -0.25) is 14.0 Å². The van der Waals surface area contributed by atoms with E-state index in [1.165, 1.54) is 0 Å². The summed E-state index contributed by atoms with van der Waals surface area (Å²) < 4.78 is 95.1. The standard InChI is InChI=1S/C28H32F7N5O2/c29-26(30)6-3-16(4-7-26)23(39-24(42)17-10-18(17)28(33,34)35)20-13-40-8-5-19(36-25(40)37-20)22(15-1-2-15)38-21(41)9-14-11-27(31,32)12-14/h5,8,13-18,22-23H,1-4,6-7,9-12H2,(H,38,41)(H,39,42)/t17?,18?,22-,23-/m0/s1. The van der Waals surface area contributed by atoms with Crippen LogP contribution in [-0.4, -0.2) is 44.2 Å². The average molecular weight is 604 g/mol. The second kappa shape index (κ2) is 10.4. The Morgan fingerprint density at radius 2 is 1.55 bits per heavy atom.